The van der Waals surface area contributed by atoms with Gasteiger partial charge in [-0.25, -0.2) is 4.68 Å². The molecule has 17 heavy (non-hydrogen) atoms. The van der Waals surface area contributed by atoms with Gasteiger partial charge in [0, 0.05) is 18.6 Å². The standard InChI is InChI=1S/C11H14ClN5/c1-13-7-10(11-14-15-16-17(11)2)8-3-5-9(12)6-4-8/h3-6,10,13H,7H2,1-2H3. The van der Waals surface area contributed by atoms with Gasteiger partial charge in [-0.05, 0) is 35.2 Å². The smallest absolute Gasteiger partial charge is 0.159 e. The summed E-state index contributed by atoms with van der Waals surface area (Å²) in [5.74, 6) is 0.957. The quantitative estimate of drug-likeness (QED) is 0.888. The second-order valence-corrected chi connectivity index (χ2v) is 4.26. The zero-order chi connectivity index (χ0) is 12.3. The number of aromatic nitrogens is 4. The van der Waals surface area contributed by atoms with Crippen molar-refractivity contribution in [3.63, 3.8) is 0 Å². The van der Waals surface area contributed by atoms with E-state index >= 15 is 0 Å². The van der Waals surface area contributed by atoms with E-state index in [1.54, 1.807) is 4.68 Å². The zero-order valence-electron chi connectivity index (χ0n) is 9.76. The average molecular weight is 252 g/mol. The number of aryl methyl sites for hydroxylation is 1. The van der Waals surface area contributed by atoms with Crippen LogP contribution in [0.4, 0.5) is 0 Å². The highest BCUT2D eigenvalue weighted by molar-refractivity contribution is 6.30. The Hall–Kier alpha value is -1.46. The number of hydrogen-bond donors (Lipinski definition) is 1. The Morgan fingerprint density at radius 1 is 1.35 bits per heavy atom. The topological polar surface area (TPSA) is 55.6 Å². The summed E-state index contributed by atoms with van der Waals surface area (Å²) in [6, 6.07) is 7.75. The van der Waals surface area contributed by atoms with E-state index in [1.807, 2.05) is 38.4 Å². The number of halogens is 1. The lowest BCUT2D eigenvalue weighted by atomic mass is 9.98. The molecule has 1 aromatic carbocycles. The van der Waals surface area contributed by atoms with Crippen LogP contribution in [0.2, 0.25) is 5.02 Å². The number of benzene rings is 1. The van der Waals surface area contributed by atoms with Gasteiger partial charge in [-0.2, -0.15) is 0 Å². The maximum Gasteiger partial charge on any atom is 0.159 e. The van der Waals surface area contributed by atoms with Crippen LogP contribution in [-0.4, -0.2) is 33.8 Å². The van der Waals surface area contributed by atoms with Crippen LogP contribution in [0.5, 0.6) is 0 Å². The first kappa shape index (κ1) is 12.0. The summed E-state index contributed by atoms with van der Waals surface area (Å²) in [5.41, 5.74) is 1.14. The van der Waals surface area contributed by atoms with Gasteiger partial charge in [-0.1, -0.05) is 23.7 Å². The van der Waals surface area contributed by atoms with Crippen molar-refractivity contribution in [3.05, 3.63) is 40.7 Å². The molecule has 0 bridgehead atoms. The van der Waals surface area contributed by atoms with Crippen molar-refractivity contribution in [2.75, 3.05) is 13.6 Å². The van der Waals surface area contributed by atoms with E-state index < -0.39 is 0 Å². The van der Waals surface area contributed by atoms with Crippen molar-refractivity contribution in [1.82, 2.24) is 25.5 Å². The molecule has 5 nitrogen and oxygen atoms in total. The van der Waals surface area contributed by atoms with E-state index in [2.05, 4.69) is 20.8 Å². The molecule has 6 heteroatoms. The van der Waals surface area contributed by atoms with Gasteiger partial charge in [0.25, 0.3) is 0 Å². The highest BCUT2D eigenvalue weighted by Crippen LogP contribution is 2.22. The lowest BCUT2D eigenvalue weighted by Crippen LogP contribution is -2.21. The summed E-state index contributed by atoms with van der Waals surface area (Å²) < 4.78 is 1.69. The molecule has 0 aliphatic heterocycles. The molecule has 1 atom stereocenters. The minimum atomic E-state index is 0.122. The zero-order valence-corrected chi connectivity index (χ0v) is 10.5. The summed E-state index contributed by atoms with van der Waals surface area (Å²) in [7, 11) is 3.75. The summed E-state index contributed by atoms with van der Waals surface area (Å²) in [4.78, 5) is 0. The largest absolute Gasteiger partial charge is 0.319 e. The average Bonchev–Trinajstić information content (AvgIpc) is 2.74. The van der Waals surface area contributed by atoms with Crippen LogP contribution in [0.25, 0.3) is 0 Å². The summed E-state index contributed by atoms with van der Waals surface area (Å²) in [6.07, 6.45) is 0. The van der Waals surface area contributed by atoms with E-state index in [4.69, 9.17) is 11.6 Å². The van der Waals surface area contributed by atoms with Gasteiger partial charge in [0.05, 0.1) is 5.92 Å². The molecular formula is C11H14ClN5. The van der Waals surface area contributed by atoms with Gasteiger partial charge in [-0.15, -0.1) is 5.10 Å². The molecule has 0 spiro atoms. The molecule has 0 radical (unpaired) electrons. The molecule has 1 N–H and O–H groups in total. The molecule has 2 aromatic rings. The third-order valence-electron chi connectivity index (χ3n) is 2.65. The highest BCUT2D eigenvalue weighted by Gasteiger charge is 2.18. The molecule has 0 aliphatic carbocycles. The van der Waals surface area contributed by atoms with Gasteiger partial charge in [0.1, 0.15) is 0 Å². The maximum absolute atomic E-state index is 5.89. The number of tetrazole rings is 1. The van der Waals surface area contributed by atoms with Crippen molar-refractivity contribution < 1.29 is 0 Å². The van der Waals surface area contributed by atoms with Gasteiger partial charge < -0.3 is 5.32 Å². The van der Waals surface area contributed by atoms with Gasteiger partial charge in [0.15, 0.2) is 5.82 Å². The minimum Gasteiger partial charge on any atom is -0.319 e. The first-order chi connectivity index (χ1) is 8.22. The highest BCUT2D eigenvalue weighted by atomic mass is 35.5. The summed E-state index contributed by atoms with van der Waals surface area (Å²) in [5, 5.41) is 15.5. The molecule has 0 fully saturated rings. The molecule has 0 saturated carbocycles. The fraction of sp³-hybridized carbons (Fsp3) is 0.364. The van der Waals surface area contributed by atoms with Gasteiger partial charge >= 0.3 is 0 Å². The number of likely N-dealkylation sites (N-methyl/N-ethyl adjacent to an activating group) is 1. The summed E-state index contributed by atoms with van der Waals surface area (Å²) in [6.45, 7) is 0.774. The van der Waals surface area contributed by atoms with Crippen LogP contribution in [0, 0.1) is 0 Å². The van der Waals surface area contributed by atoms with Gasteiger partial charge in [0.2, 0.25) is 0 Å². The Morgan fingerprint density at radius 3 is 2.59 bits per heavy atom. The van der Waals surface area contributed by atoms with Crippen molar-refractivity contribution >= 4 is 11.6 Å². The van der Waals surface area contributed by atoms with Crippen LogP contribution in [0.15, 0.2) is 24.3 Å². The Bertz CT molecular complexity index is 479. The molecule has 0 aliphatic rings. The minimum absolute atomic E-state index is 0.122. The van der Waals surface area contributed by atoms with Crippen LogP contribution >= 0.6 is 11.6 Å². The SMILES string of the molecule is CNCC(c1ccc(Cl)cc1)c1nnnn1C. The van der Waals surface area contributed by atoms with Crippen LogP contribution in [0.1, 0.15) is 17.3 Å². The van der Waals surface area contributed by atoms with E-state index in [0.717, 1.165) is 23.0 Å². The second-order valence-electron chi connectivity index (χ2n) is 3.82. The Balaban J connectivity index is 2.35. The number of hydrogen-bond acceptors (Lipinski definition) is 4. The Labute approximate surface area is 105 Å². The van der Waals surface area contributed by atoms with E-state index in [9.17, 15) is 0 Å². The van der Waals surface area contributed by atoms with E-state index in [1.165, 1.54) is 0 Å². The lowest BCUT2D eigenvalue weighted by Gasteiger charge is -2.15. The number of nitrogens with zero attached hydrogens (tertiary/aromatic N) is 4. The Morgan fingerprint density at radius 2 is 2.06 bits per heavy atom. The van der Waals surface area contributed by atoms with Crippen LogP contribution in [0.3, 0.4) is 0 Å². The van der Waals surface area contributed by atoms with Crippen molar-refractivity contribution in [3.8, 4) is 0 Å². The predicted molar refractivity (Wildman–Crippen MR) is 66.0 cm³/mol. The van der Waals surface area contributed by atoms with E-state index in [0.29, 0.717) is 0 Å². The first-order valence-electron chi connectivity index (χ1n) is 5.34. The molecule has 0 amide bonds. The molecule has 0 saturated heterocycles. The monoisotopic (exact) mass is 251 g/mol. The maximum atomic E-state index is 5.89. The second kappa shape index (κ2) is 5.25. The van der Waals surface area contributed by atoms with Crippen molar-refractivity contribution in [2.45, 2.75) is 5.92 Å². The normalized spacial score (nSPS) is 12.6. The van der Waals surface area contributed by atoms with Gasteiger partial charge in [-0.3, -0.25) is 0 Å². The molecule has 1 heterocycles. The predicted octanol–water partition coefficient (Wildman–Crippen LogP) is 1.21. The van der Waals surface area contributed by atoms with Crippen LogP contribution < -0.4 is 5.32 Å². The summed E-state index contributed by atoms with van der Waals surface area (Å²) >= 11 is 5.89. The molecule has 1 aromatic heterocycles. The van der Waals surface area contributed by atoms with Crippen molar-refractivity contribution in [2.24, 2.45) is 7.05 Å². The van der Waals surface area contributed by atoms with Crippen LogP contribution in [-0.2, 0) is 7.05 Å². The third-order valence-corrected chi connectivity index (χ3v) is 2.90. The lowest BCUT2D eigenvalue weighted by molar-refractivity contribution is 0.611. The fourth-order valence-corrected chi connectivity index (χ4v) is 1.91. The molecule has 2 rings (SSSR count). The third kappa shape index (κ3) is 2.62. The van der Waals surface area contributed by atoms with Crippen molar-refractivity contribution in [1.29, 1.82) is 0 Å². The fourth-order valence-electron chi connectivity index (χ4n) is 1.79. The number of nitrogens with one attached hydrogen (secondary N) is 1. The Kier molecular flexibility index (Phi) is 3.71. The van der Waals surface area contributed by atoms with E-state index in [-0.39, 0.29) is 5.92 Å². The molecule has 1 unspecified atom stereocenters. The number of rotatable bonds is 4. The first-order valence-corrected chi connectivity index (χ1v) is 5.72. The molecular weight excluding hydrogens is 238 g/mol. The molecule has 90 valence electrons.